The zero-order valence-corrected chi connectivity index (χ0v) is 11.2. The van der Waals surface area contributed by atoms with E-state index in [1.165, 1.54) is 11.1 Å². The first kappa shape index (κ1) is 14.1. The molecule has 4 heteroatoms. The van der Waals surface area contributed by atoms with Crippen LogP contribution in [0.5, 0.6) is 0 Å². The maximum atomic E-state index is 11.1. The number of likely N-dealkylation sites (N-methyl/N-ethyl adjacent to an activating group) is 1. The van der Waals surface area contributed by atoms with Crippen LogP contribution in [0.3, 0.4) is 0 Å². The van der Waals surface area contributed by atoms with E-state index < -0.39 is 0 Å². The van der Waals surface area contributed by atoms with Gasteiger partial charge in [-0.25, -0.2) is 0 Å². The number of hydrogen-bond donors (Lipinski definition) is 2. The SMILES string of the molecule is CCNC(CSCc1cccc(C)c1)C(N)=O. The Morgan fingerprint density at radius 2 is 2.29 bits per heavy atom. The van der Waals surface area contributed by atoms with Crippen molar-refractivity contribution in [1.29, 1.82) is 0 Å². The van der Waals surface area contributed by atoms with Gasteiger partial charge in [0, 0.05) is 11.5 Å². The first-order chi connectivity index (χ1) is 8.13. The Labute approximate surface area is 107 Å². The molecule has 0 saturated heterocycles. The third kappa shape index (κ3) is 5.24. The zero-order valence-electron chi connectivity index (χ0n) is 10.4. The Kier molecular flexibility index (Phi) is 6.08. The molecule has 0 radical (unpaired) electrons. The Hall–Kier alpha value is -1.00. The molecule has 0 aliphatic carbocycles. The van der Waals surface area contributed by atoms with Gasteiger partial charge in [0.1, 0.15) is 0 Å². The summed E-state index contributed by atoms with van der Waals surface area (Å²) >= 11 is 1.73. The number of rotatable bonds is 7. The second-order valence-electron chi connectivity index (χ2n) is 4.02. The summed E-state index contributed by atoms with van der Waals surface area (Å²) < 4.78 is 0. The standard InChI is InChI=1S/C13H20N2OS/c1-3-15-12(13(14)16)9-17-8-11-6-4-5-10(2)7-11/h4-7,12,15H,3,8-9H2,1-2H3,(H2,14,16). The van der Waals surface area contributed by atoms with Crippen LogP contribution in [-0.4, -0.2) is 24.2 Å². The van der Waals surface area contributed by atoms with E-state index in [2.05, 4.69) is 36.5 Å². The van der Waals surface area contributed by atoms with Gasteiger partial charge in [-0.05, 0) is 19.0 Å². The van der Waals surface area contributed by atoms with E-state index in [4.69, 9.17) is 5.73 Å². The molecule has 0 aromatic heterocycles. The average Bonchev–Trinajstić information content (AvgIpc) is 2.28. The number of nitrogens with one attached hydrogen (secondary N) is 1. The molecule has 1 unspecified atom stereocenters. The van der Waals surface area contributed by atoms with E-state index >= 15 is 0 Å². The summed E-state index contributed by atoms with van der Waals surface area (Å²) in [6.45, 7) is 4.82. The third-order valence-corrected chi connectivity index (χ3v) is 3.54. The van der Waals surface area contributed by atoms with Crippen LogP contribution in [0.15, 0.2) is 24.3 Å². The smallest absolute Gasteiger partial charge is 0.235 e. The highest BCUT2D eigenvalue weighted by molar-refractivity contribution is 7.98. The van der Waals surface area contributed by atoms with Crippen molar-refractivity contribution in [3.05, 3.63) is 35.4 Å². The number of nitrogens with two attached hydrogens (primary N) is 1. The summed E-state index contributed by atoms with van der Waals surface area (Å²) in [5.74, 6) is 1.36. The summed E-state index contributed by atoms with van der Waals surface area (Å²) in [6, 6.07) is 8.18. The lowest BCUT2D eigenvalue weighted by atomic mass is 10.2. The lowest BCUT2D eigenvalue weighted by Gasteiger charge is -2.13. The van der Waals surface area contributed by atoms with Crippen LogP contribution in [0.25, 0.3) is 0 Å². The van der Waals surface area contributed by atoms with Gasteiger partial charge in [0.05, 0.1) is 6.04 Å². The fourth-order valence-corrected chi connectivity index (χ4v) is 2.64. The summed E-state index contributed by atoms with van der Waals surface area (Å²) in [4.78, 5) is 11.1. The number of carbonyl (C=O) groups excluding carboxylic acids is 1. The summed E-state index contributed by atoms with van der Waals surface area (Å²) in [6.07, 6.45) is 0. The van der Waals surface area contributed by atoms with Crippen molar-refractivity contribution in [3.8, 4) is 0 Å². The molecule has 0 aliphatic rings. The van der Waals surface area contributed by atoms with Crippen LogP contribution >= 0.6 is 11.8 Å². The topological polar surface area (TPSA) is 55.1 Å². The molecule has 1 rings (SSSR count). The van der Waals surface area contributed by atoms with Crippen LogP contribution < -0.4 is 11.1 Å². The number of primary amides is 1. The maximum Gasteiger partial charge on any atom is 0.235 e. The quantitative estimate of drug-likeness (QED) is 0.776. The Morgan fingerprint density at radius 1 is 1.53 bits per heavy atom. The number of carbonyl (C=O) groups is 1. The first-order valence-corrected chi connectivity index (χ1v) is 6.95. The van der Waals surface area contributed by atoms with Gasteiger partial charge in [-0.1, -0.05) is 36.8 Å². The molecule has 1 atom stereocenters. The van der Waals surface area contributed by atoms with Crippen LogP contribution in [0.2, 0.25) is 0 Å². The van der Waals surface area contributed by atoms with Gasteiger partial charge in [-0.15, -0.1) is 0 Å². The number of amides is 1. The second kappa shape index (κ2) is 7.35. The van der Waals surface area contributed by atoms with Crippen molar-refractivity contribution in [1.82, 2.24) is 5.32 Å². The summed E-state index contributed by atoms with van der Waals surface area (Å²) in [5, 5.41) is 3.08. The molecule has 17 heavy (non-hydrogen) atoms. The van der Waals surface area contributed by atoms with E-state index in [1.54, 1.807) is 11.8 Å². The Bertz CT molecular complexity index is 368. The normalized spacial score (nSPS) is 12.4. The van der Waals surface area contributed by atoms with Crippen LogP contribution in [-0.2, 0) is 10.5 Å². The molecule has 3 N–H and O–H groups in total. The zero-order chi connectivity index (χ0) is 12.7. The number of aryl methyl sites for hydroxylation is 1. The van der Waals surface area contributed by atoms with Gasteiger partial charge in [0.25, 0.3) is 0 Å². The Morgan fingerprint density at radius 3 is 2.88 bits per heavy atom. The van der Waals surface area contributed by atoms with E-state index in [0.717, 1.165) is 18.1 Å². The molecule has 3 nitrogen and oxygen atoms in total. The molecular weight excluding hydrogens is 232 g/mol. The number of benzene rings is 1. The highest BCUT2D eigenvalue weighted by Crippen LogP contribution is 2.14. The second-order valence-corrected chi connectivity index (χ2v) is 5.05. The molecule has 0 fully saturated rings. The summed E-state index contributed by atoms with van der Waals surface area (Å²) in [7, 11) is 0. The largest absolute Gasteiger partial charge is 0.368 e. The van der Waals surface area contributed by atoms with Gasteiger partial charge in [0.15, 0.2) is 0 Å². The van der Waals surface area contributed by atoms with E-state index in [9.17, 15) is 4.79 Å². The molecular formula is C13H20N2OS. The Balaban J connectivity index is 2.38. The van der Waals surface area contributed by atoms with Crippen molar-refractivity contribution in [2.45, 2.75) is 25.6 Å². The van der Waals surface area contributed by atoms with Crippen LogP contribution in [0.1, 0.15) is 18.1 Å². The van der Waals surface area contributed by atoms with Gasteiger partial charge in [0.2, 0.25) is 5.91 Å². The van der Waals surface area contributed by atoms with Crippen molar-refractivity contribution >= 4 is 17.7 Å². The monoisotopic (exact) mass is 252 g/mol. The van der Waals surface area contributed by atoms with Crippen molar-refractivity contribution in [2.75, 3.05) is 12.3 Å². The number of hydrogen-bond acceptors (Lipinski definition) is 3. The van der Waals surface area contributed by atoms with Crippen molar-refractivity contribution in [3.63, 3.8) is 0 Å². The van der Waals surface area contributed by atoms with Crippen molar-refractivity contribution in [2.24, 2.45) is 5.73 Å². The minimum atomic E-state index is -0.274. The lowest BCUT2D eigenvalue weighted by molar-refractivity contribution is -0.119. The molecule has 0 saturated carbocycles. The van der Waals surface area contributed by atoms with Crippen molar-refractivity contribution < 1.29 is 4.79 Å². The van der Waals surface area contributed by atoms with E-state index in [1.807, 2.05) is 6.92 Å². The highest BCUT2D eigenvalue weighted by atomic mass is 32.2. The van der Waals surface area contributed by atoms with E-state index in [-0.39, 0.29) is 11.9 Å². The lowest BCUT2D eigenvalue weighted by Crippen LogP contribution is -2.43. The maximum absolute atomic E-state index is 11.1. The van der Waals surface area contributed by atoms with Gasteiger partial charge in [-0.2, -0.15) is 11.8 Å². The molecule has 0 bridgehead atoms. The molecule has 0 aliphatic heterocycles. The van der Waals surface area contributed by atoms with E-state index in [0.29, 0.717) is 0 Å². The highest BCUT2D eigenvalue weighted by Gasteiger charge is 2.13. The average molecular weight is 252 g/mol. The molecule has 1 aromatic rings. The predicted octanol–water partition coefficient (Wildman–Crippen LogP) is 1.69. The predicted molar refractivity (Wildman–Crippen MR) is 74.0 cm³/mol. The minimum absolute atomic E-state index is 0.227. The first-order valence-electron chi connectivity index (χ1n) is 5.79. The minimum Gasteiger partial charge on any atom is -0.368 e. The molecule has 0 spiro atoms. The van der Waals surface area contributed by atoms with Crippen LogP contribution in [0, 0.1) is 6.92 Å². The van der Waals surface area contributed by atoms with Gasteiger partial charge < -0.3 is 11.1 Å². The van der Waals surface area contributed by atoms with Gasteiger partial charge >= 0.3 is 0 Å². The summed E-state index contributed by atoms with van der Waals surface area (Å²) in [5.41, 5.74) is 7.86. The van der Waals surface area contributed by atoms with Crippen LogP contribution in [0.4, 0.5) is 0 Å². The fraction of sp³-hybridized carbons (Fsp3) is 0.462. The van der Waals surface area contributed by atoms with Gasteiger partial charge in [-0.3, -0.25) is 4.79 Å². The molecule has 1 aromatic carbocycles. The fourth-order valence-electron chi connectivity index (χ4n) is 1.58. The molecule has 1 amide bonds. The molecule has 0 heterocycles. The molecule has 94 valence electrons. The number of thioether (sulfide) groups is 1. The third-order valence-electron chi connectivity index (χ3n) is 2.43.